The van der Waals surface area contributed by atoms with Crippen LogP contribution in [0.3, 0.4) is 0 Å². The van der Waals surface area contributed by atoms with Gasteiger partial charge in [-0.25, -0.2) is 0 Å². The lowest BCUT2D eigenvalue weighted by atomic mass is 9.97. The van der Waals surface area contributed by atoms with Gasteiger partial charge in [-0.1, -0.05) is 24.3 Å². The van der Waals surface area contributed by atoms with Gasteiger partial charge in [-0.3, -0.25) is 0 Å². The zero-order valence-electron chi connectivity index (χ0n) is 16.2. The van der Waals surface area contributed by atoms with Crippen LogP contribution in [0.15, 0.2) is 59.7 Å². The van der Waals surface area contributed by atoms with Crippen molar-refractivity contribution in [3.63, 3.8) is 0 Å². The molecular weight excluding hydrogens is 304 g/mol. The second-order valence-corrected chi connectivity index (χ2v) is 7.27. The summed E-state index contributed by atoms with van der Waals surface area (Å²) >= 11 is 0. The molecule has 25 heavy (non-hydrogen) atoms. The number of benzene rings is 2. The van der Waals surface area contributed by atoms with E-state index >= 15 is 0 Å². The first-order valence-electron chi connectivity index (χ1n) is 8.84. The van der Waals surface area contributed by atoms with Crippen molar-refractivity contribution in [3.05, 3.63) is 70.8 Å². The molecule has 0 spiro atoms. The quantitative estimate of drug-likeness (QED) is 0.732. The molecule has 0 amide bonds. The van der Waals surface area contributed by atoms with E-state index in [2.05, 4.69) is 100 Å². The van der Waals surface area contributed by atoms with Crippen LogP contribution in [0.4, 0.5) is 11.4 Å². The lowest BCUT2D eigenvalue weighted by Crippen LogP contribution is -2.08. The molecule has 2 aromatic rings. The Morgan fingerprint density at radius 3 is 1.16 bits per heavy atom. The van der Waals surface area contributed by atoms with Gasteiger partial charge >= 0.3 is 0 Å². The molecule has 0 radical (unpaired) electrons. The van der Waals surface area contributed by atoms with Gasteiger partial charge in [0.15, 0.2) is 0 Å². The summed E-state index contributed by atoms with van der Waals surface area (Å²) in [6, 6.07) is 17.8. The van der Waals surface area contributed by atoms with Crippen molar-refractivity contribution in [3.8, 4) is 0 Å². The predicted molar refractivity (Wildman–Crippen MR) is 111 cm³/mol. The van der Waals surface area contributed by atoms with Crippen LogP contribution < -0.4 is 9.80 Å². The molecule has 130 valence electrons. The van der Waals surface area contributed by atoms with E-state index in [-0.39, 0.29) is 0 Å². The van der Waals surface area contributed by atoms with Crippen LogP contribution >= 0.6 is 0 Å². The first-order valence-corrected chi connectivity index (χ1v) is 8.84. The van der Waals surface area contributed by atoms with Crippen molar-refractivity contribution in [2.24, 2.45) is 0 Å². The van der Waals surface area contributed by atoms with E-state index in [1.807, 2.05) is 0 Å². The SMILES string of the molecule is CC1=C(c2ccc(N(C)C)cc2)CC(c2ccc(N(C)C)cc2)=C1C. The van der Waals surface area contributed by atoms with Gasteiger partial charge in [-0.05, 0) is 78.0 Å². The summed E-state index contributed by atoms with van der Waals surface area (Å²) in [7, 11) is 8.32. The lowest BCUT2D eigenvalue weighted by Gasteiger charge is -2.14. The summed E-state index contributed by atoms with van der Waals surface area (Å²) in [5.41, 5.74) is 10.9. The maximum absolute atomic E-state index is 2.26. The number of anilines is 2. The minimum absolute atomic E-state index is 1.01. The largest absolute Gasteiger partial charge is 0.378 e. The normalized spacial score (nSPS) is 14.3. The Bertz CT molecular complexity index is 748. The standard InChI is InChI=1S/C23H28N2/c1-16-17(2)23(19-9-13-21(14-10-19)25(5)6)15-22(16)18-7-11-20(12-8-18)24(3)4/h7-14H,15H2,1-6H3. The van der Waals surface area contributed by atoms with E-state index in [0.717, 1.165) is 6.42 Å². The fourth-order valence-electron chi connectivity index (χ4n) is 3.45. The van der Waals surface area contributed by atoms with E-state index in [4.69, 9.17) is 0 Å². The minimum Gasteiger partial charge on any atom is -0.378 e. The molecule has 0 aliphatic heterocycles. The molecule has 0 aromatic heterocycles. The fraction of sp³-hybridized carbons (Fsp3) is 0.304. The van der Waals surface area contributed by atoms with Gasteiger partial charge in [-0.15, -0.1) is 0 Å². The second kappa shape index (κ2) is 6.79. The predicted octanol–water partition coefficient (Wildman–Crippen LogP) is 5.47. The highest BCUT2D eigenvalue weighted by Gasteiger charge is 2.21. The van der Waals surface area contributed by atoms with Crippen molar-refractivity contribution in [1.29, 1.82) is 0 Å². The van der Waals surface area contributed by atoms with Crippen LogP contribution in [0.2, 0.25) is 0 Å². The van der Waals surface area contributed by atoms with Gasteiger partial charge in [0.05, 0.1) is 0 Å². The summed E-state index contributed by atoms with van der Waals surface area (Å²) in [6.45, 7) is 4.51. The second-order valence-electron chi connectivity index (χ2n) is 7.27. The lowest BCUT2D eigenvalue weighted by molar-refractivity contribution is 1.13. The molecule has 1 aliphatic carbocycles. The van der Waals surface area contributed by atoms with Crippen LogP contribution in [0.25, 0.3) is 11.1 Å². The van der Waals surface area contributed by atoms with Crippen LogP contribution in [-0.4, -0.2) is 28.2 Å². The molecule has 0 saturated carbocycles. The zero-order valence-corrected chi connectivity index (χ0v) is 16.2. The molecule has 2 heteroatoms. The maximum Gasteiger partial charge on any atom is 0.0361 e. The number of rotatable bonds is 4. The van der Waals surface area contributed by atoms with Gasteiger partial charge in [-0.2, -0.15) is 0 Å². The first kappa shape index (κ1) is 17.3. The van der Waals surface area contributed by atoms with Crippen LogP contribution in [0, 0.1) is 0 Å². The molecule has 0 atom stereocenters. The summed E-state index contributed by atoms with van der Waals surface area (Å²) in [5.74, 6) is 0. The Morgan fingerprint density at radius 1 is 0.560 bits per heavy atom. The van der Waals surface area contributed by atoms with E-state index in [9.17, 15) is 0 Å². The zero-order chi connectivity index (χ0) is 18.1. The average Bonchev–Trinajstić information content (AvgIpc) is 2.90. The number of allylic oxidation sites excluding steroid dienone is 4. The Labute approximate surface area is 152 Å². The Morgan fingerprint density at radius 2 is 0.880 bits per heavy atom. The van der Waals surface area contributed by atoms with Crippen molar-refractivity contribution in [1.82, 2.24) is 0 Å². The molecule has 3 rings (SSSR count). The Hall–Kier alpha value is -2.48. The van der Waals surface area contributed by atoms with E-state index < -0.39 is 0 Å². The number of hydrogen-bond donors (Lipinski definition) is 0. The highest BCUT2D eigenvalue weighted by Crippen LogP contribution is 2.43. The highest BCUT2D eigenvalue weighted by atomic mass is 15.1. The smallest absolute Gasteiger partial charge is 0.0361 e. The summed E-state index contributed by atoms with van der Waals surface area (Å²) < 4.78 is 0. The molecule has 2 nitrogen and oxygen atoms in total. The summed E-state index contributed by atoms with van der Waals surface area (Å²) in [6.07, 6.45) is 1.01. The van der Waals surface area contributed by atoms with Gasteiger partial charge in [0.25, 0.3) is 0 Å². The third kappa shape index (κ3) is 3.34. The van der Waals surface area contributed by atoms with E-state index in [0.29, 0.717) is 0 Å². The molecule has 1 aliphatic rings. The summed E-state index contributed by atoms with van der Waals surface area (Å²) in [4.78, 5) is 4.28. The third-order valence-corrected chi connectivity index (χ3v) is 5.29. The molecule has 0 N–H and O–H groups in total. The van der Waals surface area contributed by atoms with Crippen LogP contribution in [0.5, 0.6) is 0 Å². The monoisotopic (exact) mass is 332 g/mol. The van der Waals surface area contributed by atoms with Crippen molar-refractivity contribution in [2.45, 2.75) is 20.3 Å². The van der Waals surface area contributed by atoms with Gasteiger partial charge in [0.1, 0.15) is 0 Å². The van der Waals surface area contributed by atoms with Crippen molar-refractivity contribution >= 4 is 22.5 Å². The number of nitrogens with zero attached hydrogens (tertiary/aromatic N) is 2. The van der Waals surface area contributed by atoms with Crippen molar-refractivity contribution < 1.29 is 0 Å². The first-order chi connectivity index (χ1) is 11.9. The molecular formula is C23H28N2. The molecule has 0 saturated heterocycles. The molecule has 2 aromatic carbocycles. The van der Waals surface area contributed by atoms with Crippen molar-refractivity contribution in [2.75, 3.05) is 38.0 Å². The van der Waals surface area contributed by atoms with Crippen LogP contribution in [-0.2, 0) is 0 Å². The third-order valence-electron chi connectivity index (χ3n) is 5.29. The Balaban J connectivity index is 1.87. The molecule has 0 fully saturated rings. The van der Waals surface area contributed by atoms with E-state index in [1.54, 1.807) is 0 Å². The summed E-state index contributed by atoms with van der Waals surface area (Å²) in [5, 5.41) is 0. The topological polar surface area (TPSA) is 6.48 Å². The number of hydrogen-bond acceptors (Lipinski definition) is 2. The van der Waals surface area contributed by atoms with Gasteiger partial charge in [0, 0.05) is 39.6 Å². The average molecular weight is 332 g/mol. The van der Waals surface area contributed by atoms with Gasteiger partial charge in [0.2, 0.25) is 0 Å². The maximum atomic E-state index is 2.26. The Kier molecular flexibility index (Phi) is 4.71. The minimum atomic E-state index is 1.01. The molecule has 0 bridgehead atoms. The molecule has 0 heterocycles. The van der Waals surface area contributed by atoms with E-state index in [1.165, 1.54) is 44.8 Å². The molecule has 0 unspecified atom stereocenters. The van der Waals surface area contributed by atoms with Crippen LogP contribution in [0.1, 0.15) is 31.4 Å². The highest BCUT2D eigenvalue weighted by molar-refractivity contribution is 5.92. The van der Waals surface area contributed by atoms with Gasteiger partial charge < -0.3 is 9.80 Å². The fourth-order valence-corrected chi connectivity index (χ4v) is 3.45.